The number of hydrogen-bond acceptors (Lipinski definition) is 3. The molecule has 0 saturated carbocycles. The third-order valence-electron chi connectivity index (χ3n) is 4.24. The van der Waals surface area contributed by atoms with Gasteiger partial charge in [0.05, 0.1) is 11.7 Å². The van der Waals surface area contributed by atoms with E-state index in [-0.39, 0.29) is 12.8 Å². The van der Waals surface area contributed by atoms with Crippen LogP contribution in [0.2, 0.25) is 0 Å². The van der Waals surface area contributed by atoms with E-state index in [0.717, 1.165) is 18.6 Å². The molecule has 0 radical (unpaired) electrons. The van der Waals surface area contributed by atoms with Crippen molar-refractivity contribution in [1.82, 2.24) is 0 Å². The fourth-order valence-corrected chi connectivity index (χ4v) is 2.66. The van der Waals surface area contributed by atoms with Gasteiger partial charge in [0.15, 0.2) is 0 Å². The zero-order valence-corrected chi connectivity index (χ0v) is 14.6. The van der Waals surface area contributed by atoms with Crippen LogP contribution in [0.15, 0.2) is 24.3 Å². The van der Waals surface area contributed by atoms with Gasteiger partial charge in [-0.1, -0.05) is 38.5 Å². The number of primary amides is 1. The minimum atomic E-state index is -4.42. The highest BCUT2D eigenvalue weighted by molar-refractivity contribution is 5.76. The van der Waals surface area contributed by atoms with Crippen LogP contribution in [0.3, 0.4) is 0 Å². The highest BCUT2D eigenvalue weighted by Gasteiger charge is 2.31. The summed E-state index contributed by atoms with van der Waals surface area (Å²) in [5.74, 6) is -0.589. The van der Waals surface area contributed by atoms with Gasteiger partial charge in [-0.2, -0.15) is 13.2 Å². The maximum Gasteiger partial charge on any atom is 0.416 e. The number of carbonyl (C=O) groups excluding carboxylic acids is 1. The minimum Gasteiger partial charge on any atom is -0.391 e. The molecule has 0 bridgehead atoms. The number of aliphatic hydroxyl groups excluding tert-OH is 1. The van der Waals surface area contributed by atoms with Crippen molar-refractivity contribution in [2.24, 2.45) is 23.3 Å². The second-order valence-corrected chi connectivity index (χ2v) is 6.94. The van der Waals surface area contributed by atoms with Gasteiger partial charge in [0.1, 0.15) is 0 Å². The molecule has 0 aromatic heterocycles. The van der Waals surface area contributed by atoms with Crippen LogP contribution < -0.4 is 11.5 Å². The van der Waals surface area contributed by atoms with Crippen LogP contribution in [-0.2, 0) is 17.4 Å². The number of amides is 1. The van der Waals surface area contributed by atoms with Gasteiger partial charge in [-0.25, -0.2) is 0 Å². The van der Waals surface area contributed by atoms with Crippen molar-refractivity contribution in [3.63, 3.8) is 0 Å². The first kappa shape index (κ1) is 21.4. The largest absolute Gasteiger partial charge is 0.416 e. The maximum absolute atomic E-state index is 12.7. The first-order valence-corrected chi connectivity index (χ1v) is 8.39. The minimum absolute atomic E-state index is 0.0841. The Kier molecular flexibility index (Phi) is 7.89. The number of aliphatic hydroxyl groups is 1. The Labute approximate surface area is 146 Å². The average molecular weight is 360 g/mol. The summed E-state index contributed by atoms with van der Waals surface area (Å²) in [6, 6.07) is 4.08. The molecule has 0 fully saturated rings. The fourth-order valence-electron chi connectivity index (χ4n) is 2.66. The van der Waals surface area contributed by atoms with Crippen LogP contribution >= 0.6 is 0 Å². The number of carbonyl (C=O) groups is 1. The first-order chi connectivity index (χ1) is 11.5. The van der Waals surface area contributed by atoms with Gasteiger partial charge in [0.2, 0.25) is 5.91 Å². The molecule has 1 aromatic carbocycles. The number of hydrogen-bond donors (Lipinski definition) is 3. The molecule has 0 aliphatic rings. The molecule has 0 heterocycles. The van der Waals surface area contributed by atoms with Crippen LogP contribution in [-0.4, -0.2) is 23.2 Å². The number of alkyl halides is 3. The predicted molar refractivity (Wildman–Crippen MR) is 90.5 cm³/mol. The van der Waals surface area contributed by atoms with Crippen molar-refractivity contribution in [1.29, 1.82) is 0 Å². The number of benzene rings is 1. The third-order valence-corrected chi connectivity index (χ3v) is 4.24. The number of nitrogens with two attached hydrogens (primary N) is 2. The molecule has 0 saturated heterocycles. The summed E-state index contributed by atoms with van der Waals surface area (Å²) in [5.41, 5.74) is 10.9. The van der Waals surface area contributed by atoms with Gasteiger partial charge in [-0.3, -0.25) is 4.79 Å². The summed E-state index contributed by atoms with van der Waals surface area (Å²) in [4.78, 5) is 11.5. The van der Waals surface area contributed by atoms with E-state index in [1.54, 1.807) is 0 Å². The first-order valence-electron chi connectivity index (χ1n) is 8.39. The quantitative estimate of drug-likeness (QED) is 0.633. The van der Waals surface area contributed by atoms with Crippen molar-refractivity contribution >= 4 is 5.91 Å². The van der Waals surface area contributed by atoms with E-state index in [0.29, 0.717) is 17.9 Å². The lowest BCUT2D eigenvalue weighted by atomic mass is 9.89. The smallest absolute Gasteiger partial charge is 0.391 e. The van der Waals surface area contributed by atoms with Gasteiger partial charge < -0.3 is 16.6 Å². The summed E-state index contributed by atoms with van der Waals surface area (Å²) >= 11 is 0. The molecule has 1 aromatic rings. The van der Waals surface area contributed by atoms with E-state index in [9.17, 15) is 23.1 Å². The SMILES string of the molecule is CC(C)CCC(CC(O)C(N)Cc1cccc(C(F)(F)F)c1)C(N)=O. The van der Waals surface area contributed by atoms with E-state index in [1.165, 1.54) is 12.1 Å². The molecule has 0 spiro atoms. The number of rotatable bonds is 9. The van der Waals surface area contributed by atoms with Gasteiger partial charge in [-0.15, -0.1) is 0 Å². The van der Waals surface area contributed by atoms with Gasteiger partial charge in [0.25, 0.3) is 0 Å². The second-order valence-electron chi connectivity index (χ2n) is 6.94. The van der Waals surface area contributed by atoms with Crippen LogP contribution in [0, 0.1) is 11.8 Å². The van der Waals surface area contributed by atoms with Gasteiger partial charge in [0, 0.05) is 12.0 Å². The number of halogens is 3. The van der Waals surface area contributed by atoms with Crippen molar-refractivity contribution < 1.29 is 23.1 Å². The molecular weight excluding hydrogens is 333 g/mol. The zero-order chi connectivity index (χ0) is 19.2. The molecule has 1 amide bonds. The van der Waals surface area contributed by atoms with E-state index in [4.69, 9.17) is 11.5 Å². The van der Waals surface area contributed by atoms with Crippen molar-refractivity contribution in [3.8, 4) is 0 Å². The van der Waals surface area contributed by atoms with Crippen molar-refractivity contribution in [2.75, 3.05) is 0 Å². The summed E-state index contributed by atoms with van der Waals surface area (Å²) in [7, 11) is 0. The van der Waals surface area contributed by atoms with Gasteiger partial charge in [-0.05, 0) is 36.8 Å². The Morgan fingerprint density at radius 2 is 1.88 bits per heavy atom. The van der Waals surface area contributed by atoms with E-state index in [1.807, 2.05) is 13.8 Å². The molecule has 3 atom stereocenters. The lowest BCUT2D eigenvalue weighted by molar-refractivity contribution is -0.137. The topological polar surface area (TPSA) is 89.3 Å². The molecule has 4 nitrogen and oxygen atoms in total. The molecule has 3 unspecified atom stereocenters. The monoisotopic (exact) mass is 360 g/mol. The van der Waals surface area contributed by atoms with Crippen molar-refractivity contribution in [3.05, 3.63) is 35.4 Å². The molecule has 0 aliphatic carbocycles. The van der Waals surface area contributed by atoms with E-state index >= 15 is 0 Å². The van der Waals surface area contributed by atoms with Crippen LogP contribution in [0.5, 0.6) is 0 Å². The molecular formula is C18H27F3N2O2. The summed E-state index contributed by atoms with van der Waals surface area (Å²) in [6.45, 7) is 4.04. The van der Waals surface area contributed by atoms with E-state index in [2.05, 4.69) is 0 Å². The Bertz CT molecular complexity index is 561. The van der Waals surface area contributed by atoms with Crippen LogP contribution in [0.1, 0.15) is 44.2 Å². The lowest BCUT2D eigenvalue weighted by Gasteiger charge is -2.23. The second kappa shape index (κ2) is 9.20. The van der Waals surface area contributed by atoms with E-state index < -0.39 is 35.7 Å². The molecule has 5 N–H and O–H groups in total. The standard InChI is InChI=1S/C18H27F3N2O2/c1-11(2)6-7-13(17(23)25)10-16(24)15(22)9-12-4-3-5-14(8-12)18(19,20)21/h3-5,8,11,13,15-16,24H,6-7,9-10,22H2,1-2H3,(H2,23,25). The van der Waals surface area contributed by atoms with Crippen molar-refractivity contribution in [2.45, 2.75) is 57.9 Å². The highest BCUT2D eigenvalue weighted by Crippen LogP contribution is 2.30. The molecule has 1 rings (SSSR count). The Morgan fingerprint density at radius 3 is 2.40 bits per heavy atom. The van der Waals surface area contributed by atoms with Crippen LogP contribution in [0.4, 0.5) is 13.2 Å². The normalized spacial score (nSPS) is 15.8. The molecule has 25 heavy (non-hydrogen) atoms. The molecule has 7 heteroatoms. The molecule has 142 valence electrons. The summed E-state index contributed by atoms with van der Waals surface area (Å²) < 4.78 is 38.2. The van der Waals surface area contributed by atoms with Gasteiger partial charge >= 0.3 is 6.18 Å². The summed E-state index contributed by atoms with van der Waals surface area (Å²) in [5, 5.41) is 10.2. The predicted octanol–water partition coefficient (Wildman–Crippen LogP) is 2.86. The third kappa shape index (κ3) is 7.44. The highest BCUT2D eigenvalue weighted by atomic mass is 19.4. The Balaban J connectivity index is 2.69. The zero-order valence-electron chi connectivity index (χ0n) is 14.6. The Morgan fingerprint density at radius 1 is 1.24 bits per heavy atom. The Hall–Kier alpha value is -1.60. The molecule has 0 aliphatic heterocycles. The lowest BCUT2D eigenvalue weighted by Crippen LogP contribution is -2.40. The fraction of sp³-hybridized carbons (Fsp3) is 0.611. The average Bonchev–Trinajstić information content (AvgIpc) is 2.50. The maximum atomic E-state index is 12.7. The van der Waals surface area contributed by atoms with Crippen LogP contribution in [0.25, 0.3) is 0 Å². The summed E-state index contributed by atoms with van der Waals surface area (Å²) in [6.07, 6.45) is -3.89.